The third kappa shape index (κ3) is 2.04. The normalized spacial score (nSPS) is 27.3. The minimum absolute atomic E-state index is 0.0666. The topological polar surface area (TPSA) is 52.6 Å². The van der Waals surface area contributed by atoms with Gasteiger partial charge in [0.05, 0.1) is 7.11 Å². The van der Waals surface area contributed by atoms with E-state index in [0.717, 1.165) is 11.1 Å². The second-order valence-electron chi connectivity index (χ2n) is 4.66. The van der Waals surface area contributed by atoms with Crippen LogP contribution >= 0.6 is 0 Å². The first-order valence-corrected chi connectivity index (χ1v) is 5.83. The van der Waals surface area contributed by atoms with Crippen molar-refractivity contribution in [2.24, 2.45) is 0 Å². The Labute approximate surface area is 106 Å². The molecule has 1 aromatic carbocycles. The van der Waals surface area contributed by atoms with Crippen molar-refractivity contribution in [1.82, 2.24) is 0 Å². The summed E-state index contributed by atoms with van der Waals surface area (Å²) in [6.45, 7) is 3.65. The molecule has 4 nitrogen and oxygen atoms in total. The average Bonchev–Trinajstić information content (AvgIpc) is 2.66. The van der Waals surface area contributed by atoms with Crippen molar-refractivity contribution >= 4 is 11.8 Å². The number of rotatable bonds is 2. The molecule has 18 heavy (non-hydrogen) atoms. The second-order valence-corrected chi connectivity index (χ2v) is 4.66. The molecule has 96 valence electrons. The van der Waals surface area contributed by atoms with E-state index in [0.29, 0.717) is 0 Å². The van der Waals surface area contributed by atoms with Crippen LogP contribution in [0.4, 0.5) is 0 Å². The van der Waals surface area contributed by atoms with Crippen LogP contribution in [-0.2, 0) is 24.7 Å². The van der Waals surface area contributed by atoms with Crippen molar-refractivity contribution in [2.45, 2.75) is 32.0 Å². The van der Waals surface area contributed by atoms with Gasteiger partial charge in [-0.15, -0.1) is 0 Å². The summed E-state index contributed by atoms with van der Waals surface area (Å²) in [6.07, 6.45) is -0.732. The summed E-state index contributed by atoms with van der Waals surface area (Å²) in [5, 5.41) is 0. The third-order valence-corrected chi connectivity index (χ3v) is 3.31. The van der Waals surface area contributed by atoms with Crippen LogP contribution in [0.2, 0.25) is 0 Å². The van der Waals surface area contributed by atoms with Crippen LogP contribution in [-0.4, -0.2) is 25.0 Å². The van der Waals surface area contributed by atoms with Gasteiger partial charge in [0.2, 0.25) is 0 Å². The zero-order chi connectivity index (χ0) is 13.3. The summed E-state index contributed by atoms with van der Waals surface area (Å²) in [5.41, 5.74) is 0.774. The highest BCUT2D eigenvalue weighted by Gasteiger charge is 2.48. The van der Waals surface area contributed by atoms with Gasteiger partial charge in [0.25, 0.3) is 0 Å². The van der Waals surface area contributed by atoms with Crippen LogP contribution in [0.1, 0.15) is 24.5 Å². The first-order valence-electron chi connectivity index (χ1n) is 5.83. The molecule has 0 saturated carbocycles. The number of ether oxygens (including phenoxy) is 2. The first kappa shape index (κ1) is 12.8. The predicted octanol–water partition coefficient (Wildman–Crippen LogP) is 1.74. The first-order chi connectivity index (χ1) is 8.47. The van der Waals surface area contributed by atoms with Gasteiger partial charge in [0.1, 0.15) is 5.60 Å². The molecule has 0 bridgehead atoms. The molecule has 1 saturated heterocycles. The fraction of sp³-hybridized carbons (Fsp3) is 0.429. The van der Waals surface area contributed by atoms with Gasteiger partial charge >= 0.3 is 5.97 Å². The molecule has 2 rings (SSSR count). The number of Topliss-reactive ketones (excluding diaryl/α,β-unsaturated/α-hetero) is 1. The van der Waals surface area contributed by atoms with Crippen molar-refractivity contribution in [3.05, 3.63) is 35.4 Å². The fourth-order valence-corrected chi connectivity index (χ4v) is 2.19. The van der Waals surface area contributed by atoms with Crippen molar-refractivity contribution in [3.8, 4) is 0 Å². The highest BCUT2D eigenvalue weighted by atomic mass is 16.6. The van der Waals surface area contributed by atoms with Gasteiger partial charge in [-0.1, -0.05) is 29.8 Å². The maximum atomic E-state index is 12.1. The zero-order valence-corrected chi connectivity index (χ0v) is 10.7. The van der Waals surface area contributed by atoms with Crippen molar-refractivity contribution in [1.29, 1.82) is 0 Å². The summed E-state index contributed by atoms with van der Waals surface area (Å²) in [5.74, 6) is -0.594. The Hall–Kier alpha value is -1.68. The Morgan fingerprint density at radius 1 is 1.50 bits per heavy atom. The predicted molar refractivity (Wildman–Crippen MR) is 65.0 cm³/mol. The number of esters is 1. The quantitative estimate of drug-likeness (QED) is 0.748. The SMILES string of the molecule is COC(=O)C1CC(=O)C(C)(c2cccc(C)c2)O1. The molecule has 1 heterocycles. The number of methoxy groups -OCH3 is 1. The summed E-state index contributed by atoms with van der Waals surface area (Å²) in [6, 6.07) is 7.56. The Kier molecular flexibility index (Phi) is 3.22. The fourth-order valence-electron chi connectivity index (χ4n) is 2.19. The van der Waals surface area contributed by atoms with Crippen LogP contribution in [0.5, 0.6) is 0 Å². The van der Waals surface area contributed by atoms with E-state index in [4.69, 9.17) is 4.74 Å². The number of hydrogen-bond donors (Lipinski definition) is 0. The smallest absolute Gasteiger partial charge is 0.335 e. The van der Waals surface area contributed by atoms with E-state index < -0.39 is 17.7 Å². The van der Waals surface area contributed by atoms with Gasteiger partial charge in [-0.2, -0.15) is 0 Å². The van der Waals surface area contributed by atoms with Crippen molar-refractivity contribution < 1.29 is 19.1 Å². The molecule has 4 heteroatoms. The second kappa shape index (κ2) is 4.53. The number of carbonyl (C=O) groups excluding carboxylic acids is 2. The molecular weight excluding hydrogens is 232 g/mol. The highest BCUT2D eigenvalue weighted by molar-refractivity contribution is 5.95. The van der Waals surface area contributed by atoms with Gasteiger partial charge < -0.3 is 9.47 Å². The van der Waals surface area contributed by atoms with E-state index in [1.54, 1.807) is 6.92 Å². The molecule has 1 aliphatic heterocycles. The minimum Gasteiger partial charge on any atom is -0.467 e. The standard InChI is InChI=1S/C14H16O4/c1-9-5-4-6-10(7-9)14(2)12(15)8-11(18-14)13(16)17-3/h4-7,11H,8H2,1-3H3. The lowest BCUT2D eigenvalue weighted by molar-refractivity contribution is -0.158. The molecule has 2 atom stereocenters. The molecule has 2 unspecified atom stereocenters. The van der Waals surface area contributed by atoms with E-state index in [1.165, 1.54) is 7.11 Å². The molecule has 0 aliphatic carbocycles. The van der Waals surface area contributed by atoms with Gasteiger partial charge in [0, 0.05) is 6.42 Å². The largest absolute Gasteiger partial charge is 0.467 e. The molecule has 0 aromatic heterocycles. The van der Waals surface area contributed by atoms with E-state index >= 15 is 0 Å². The van der Waals surface area contributed by atoms with Gasteiger partial charge in [-0.3, -0.25) is 4.79 Å². The van der Waals surface area contributed by atoms with E-state index in [9.17, 15) is 9.59 Å². The molecule has 1 aromatic rings. The zero-order valence-electron chi connectivity index (χ0n) is 10.7. The minimum atomic E-state index is -1.05. The lowest BCUT2D eigenvalue weighted by Crippen LogP contribution is -2.30. The Morgan fingerprint density at radius 3 is 2.83 bits per heavy atom. The summed E-state index contributed by atoms with van der Waals surface area (Å²) >= 11 is 0. The molecule has 0 spiro atoms. The van der Waals surface area contributed by atoms with Crippen LogP contribution < -0.4 is 0 Å². The molecule has 0 N–H and O–H groups in total. The summed E-state index contributed by atoms with van der Waals surface area (Å²) < 4.78 is 10.3. The number of benzene rings is 1. The van der Waals surface area contributed by atoms with E-state index in [-0.39, 0.29) is 12.2 Å². The Morgan fingerprint density at radius 2 is 2.22 bits per heavy atom. The molecular formula is C14H16O4. The number of carbonyl (C=O) groups is 2. The molecule has 0 amide bonds. The number of ketones is 1. The van der Waals surface area contributed by atoms with Crippen LogP contribution in [0.15, 0.2) is 24.3 Å². The summed E-state index contributed by atoms with van der Waals surface area (Å²) in [4.78, 5) is 23.6. The average molecular weight is 248 g/mol. The van der Waals surface area contributed by atoms with Crippen molar-refractivity contribution in [2.75, 3.05) is 7.11 Å². The number of hydrogen-bond acceptors (Lipinski definition) is 4. The van der Waals surface area contributed by atoms with Gasteiger partial charge in [-0.25, -0.2) is 4.79 Å². The third-order valence-electron chi connectivity index (χ3n) is 3.31. The lowest BCUT2D eigenvalue weighted by atomic mass is 9.90. The van der Waals surface area contributed by atoms with Crippen molar-refractivity contribution in [3.63, 3.8) is 0 Å². The highest BCUT2D eigenvalue weighted by Crippen LogP contribution is 2.36. The lowest BCUT2D eigenvalue weighted by Gasteiger charge is -2.23. The molecule has 1 aliphatic rings. The van der Waals surface area contributed by atoms with Gasteiger partial charge in [0.15, 0.2) is 11.9 Å². The maximum Gasteiger partial charge on any atom is 0.335 e. The van der Waals surface area contributed by atoms with Crippen LogP contribution in [0.3, 0.4) is 0 Å². The van der Waals surface area contributed by atoms with Gasteiger partial charge in [-0.05, 0) is 19.4 Å². The molecule has 0 radical (unpaired) electrons. The van der Waals surface area contributed by atoms with E-state index in [2.05, 4.69) is 4.74 Å². The monoisotopic (exact) mass is 248 g/mol. The van der Waals surface area contributed by atoms with Crippen LogP contribution in [0, 0.1) is 6.92 Å². The summed E-state index contributed by atoms with van der Waals surface area (Å²) in [7, 11) is 1.29. The number of aryl methyl sites for hydroxylation is 1. The van der Waals surface area contributed by atoms with E-state index in [1.807, 2.05) is 31.2 Å². The maximum absolute atomic E-state index is 12.1. The Bertz CT molecular complexity index is 494. The van der Waals surface area contributed by atoms with Crippen LogP contribution in [0.25, 0.3) is 0 Å². The molecule has 1 fully saturated rings. The Balaban J connectivity index is 2.32.